The van der Waals surface area contributed by atoms with E-state index in [2.05, 4.69) is 26.1 Å². The molecule has 1 aromatic heterocycles. The molecule has 0 aliphatic heterocycles. The molecule has 0 radical (unpaired) electrons. The van der Waals surface area contributed by atoms with Gasteiger partial charge in [0.05, 0.1) is 11.9 Å². The van der Waals surface area contributed by atoms with E-state index in [0.29, 0.717) is 0 Å². The lowest BCUT2D eigenvalue weighted by Crippen LogP contribution is -2.15. The van der Waals surface area contributed by atoms with Crippen LogP contribution in [-0.2, 0) is 10.0 Å². The van der Waals surface area contributed by atoms with E-state index >= 15 is 0 Å². The molecule has 1 aromatic carbocycles. The van der Waals surface area contributed by atoms with E-state index in [1.54, 1.807) is 0 Å². The first-order chi connectivity index (χ1) is 8.81. The van der Waals surface area contributed by atoms with Crippen LogP contribution in [0.4, 0.5) is 14.5 Å². The number of hydrogen-bond acceptors (Lipinski definition) is 3. The smallest absolute Gasteiger partial charge is 0.265 e. The zero-order valence-electron chi connectivity index (χ0n) is 9.54. The first-order valence-corrected chi connectivity index (χ1v) is 7.26. The van der Waals surface area contributed by atoms with Crippen molar-refractivity contribution in [3.8, 4) is 0 Å². The SMILES string of the molecule is Cc1[nH]ncc1S(=O)(=O)Nc1c(F)cc(Br)cc1F. The Morgan fingerprint density at radius 2 is 1.89 bits per heavy atom. The van der Waals surface area contributed by atoms with Crippen molar-refractivity contribution in [3.05, 3.63) is 40.1 Å². The third kappa shape index (κ3) is 2.76. The number of hydrogen-bond donors (Lipinski definition) is 2. The van der Waals surface area contributed by atoms with Crippen LogP contribution < -0.4 is 4.72 Å². The van der Waals surface area contributed by atoms with E-state index in [0.717, 1.165) is 18.3 Å². The highest BCUT2D eigenvalue weighted by atomic mass is 79.9. The van der Waals surface area contributed by atoms with Crippen LogP contribution in [0.5, 0.6) is 0 Å². The Labute approximate surface area is 116 Å². The maximum Gasteiger partial charge on any atom is 0.265 e. The fraction of sp³-hybridized carbons (Fsp3) is 0.100. The molecule has 0 saturated heterocycles. The molecule has 9 heteroatoms. The number of aromatic amines is 1. The Hall–Kier alpha value is -1.48. The monoisotopic (exact) mass is 351 g/mol. The molecule has 0 fully saturated rings. The number of aromatic nitrogens is 2. The number of sulfonamides is 1. The van der Waals surface area contributed by atoms with Crippen LogP contribution in [0.15, 0.2) is 27.7 Å². The van der Waals surface area contributed by atoms with Crippen molar-refractivity contribution in [2.75, 3.05) is 4.72 Å². The summed E-state index contributed by atoms with van der Waals surface area (Å²) in [6.45, 7) is 1.48. The second kappa shape index (κ2) is 4.89. The van der Waals surface area contributed by atoms with E-state index in [4.69, 9.17) is 0 Å². The molecule has 0 bridgehead atoms. The van der Waals surface area contributed by atoms with Crippen LogP contribution in [0.25, 0.3) is 0 Å². The predicted octanol–water partition coefficient (Wildman–Crippen LogP) is 2.56. The van der Waals surface area contributed by atoms with Gasteiger partial charge in [0.1, 0.15) is 10.6 Å². The number of H-pyrrole nitrogens is 1. The summed E-state index contributed by atoms with van der Waals surface area (Å²) in [6, 6.07) is 1.92. The average molecular weight is 352 g/mol. The van der Waals surface area contributed by atoms with Crippen LogP contribution in [0.2, 0.25) is 0 Å². The molecule has 2 rings (SSSR count). The van der Waals surface area contributed by atoms with Crippen molar-refractivity contribution in [2.24, 2.45) is 0 Å². The maximum absolute atomic E-state index is 13.6. The van der Waals surface area contributed by atoms with Crippen molar-refractivity contribution in [2.45, 2.75) is 11.8 Å². The van der Waals surface area contributed by atoms with Gasteiger partial charge in [-0.1, -0.05) is 15.9 Å². The van der Waals surface area contributed by atoms with Gasteiger partial charge >= 0.3 is 0 Å². The van der Waals surface area contributed by atoms with Gasteiger partial charge < -0.3 is 0 Å². The normalized spacial score (nSPS) is 11.6. The molecular formula is C10H8BrF2N3O2S. The molecule has 0 unspecified atom stereocenters. The Morgan fingerprint density at radius 3 is 2.37 bits per heavy atom. The largest absolute Gasteiger partial charge is 0.281 e. The zero-order valence-corrected chi connectivity index (χ0v) is 11.9. The molecular weight excluding hydrogens is 344 g/mol. The first kappa shape index (κ1) is 13.9. The summed E-state index contributed by atoms with van der Waals surface area (Å²) in [6.07, 6.45) is 1.06. The summed E-state index contributed by atoms with van der Waals surface area (Å²) in [4.78, 5) is -0.172. The maximum atomic E-state index is 13.6. The molecule has 0 atom stereocenters. The summed E-state index contributed by atoms with van der Waals surface area (Å²) in [5.41, 5.74) is -0.464. The molecule has 0 spiro atoms. The minimum atomic E-state index is -4.10. The van der Waals surface area contributed by atoms with Gasteiger partial charge in [-0.3, -0.25) is 9.82 Å². The zero-order chi connectivity index (χ0) is 14.2. The van der Waals surface area contributed by atoms with Crippen molar-refractivity contribution < 1.29 is 17.2 Å². The third-order valence-corrected chi connectivity index (χ3v) is 4.24. The van der Waals surface area contributed by atoms with E-state index in [9.17, 15) is 17.2 Å². The van der Waals surface area contributed by atoms with Gasteiger partial charge in [-0.25, -0.2) is 17.2 Å². The molecule has 1 heterocycles. The number of halogens is 3. The average Bonchev–Trinajstić information content (AvgIpc) is 2.70. The van der Waals surface area contributed by atoms with Crippen LogP contribution >= 0.6 is 15.9 Å². The van der Waals surface area contributed by atoms with Crippen LogP contribution in [0.1, 0.15) is 5.69 Å². The lowest BCUT2D eigenvalue weighted by Gasteiger charge is -2.09. The molecule has 5 nitrogen and oxygen atoms in total. The van der Waals surface area contributed by atoms with Gasteiger partial charge in [0.25, 0.3) is 10.0 Å². The Bertz CT molecular complexity index is 707. The van der Waals surface area contributed by atoms with Crippen molar-refractivity contribution in [1.29, 1.82) is 0 Å². The Morgan fingerprint density at radius 1 is 1.32 bits per heavy atom. The van der Waals surface area contributed by atoms with E-state index in [-0.39, 0.29) is 15.1 Å². The first-order valence-electron chi connectivity index (χ1n) is 4.98. The molecule has 19 heavy (non-hydrogen) atoms. The molecule has 0 amide bonds. The Balaban J connectivity index is 2.45. The van der Waals surface area contributed by atoms with E-state index < -0.39 is 27.3 Å². The highest BCUT2D eigenvalue weighted by Crippen LogP contribution is 2.26. The van der Waals surface area contributed by atoms with Crippen molar-refractivity contribution in [1.82, 2.24) is 10.2 Å². The number of rotatable bonds is 3. The molecule has 102 valence electrons. The highest BCUT2D eigenvalue weighted by Gasteiger charge is 2.22. The summed E-state index contributed by atoms with van der Waals surface area (Å²) in [5.74, 6) is -2.03. The second-order valence-electron chi connectivity index (χ2n) is 3.71. The predicted molar refractivity (Wildman–Crippen MR) is 68.2 cm³/mol. The van der Waals surface area contributed by atoms with Gasteiger partial charge in [-0.15, -0.1) is 0 Å². The topological polar surface area (TPSA) is 74.8 Å². The van der Waals surface area contributed by atoms with Crippen LogP contribution in [0, 0.1) is 18.6 Å². The molecule has 0 aliphatic carbocycles. The number of anilines is 1. The number of nitrogens with zero attached hydrogens (tertiary/aromatic N) is 1. The van der Waals surface area contributed by atoms with Crippen LogP contribution in [0.3, 0.4) is 0 Å². The fourth-order valence-corrected chi connectivity index (χ4v) is 3.06. The standard InChI is InChI=1S/C10H8BrF2N3O2S/c1-5-9(4-14-15-5)19(17,18)16-10-7(12)2-6(11)3-8(10)13/h2-4,16H,1H3,(H,14,15). The lowest BCUT2D eigenvalue weighted by molar-refractivity contribution is 0.581. The van der Waals surface area contributed by atoms with Crippen LogP contribution in [-0.4, -0.2) is 18.6 Å². The molecule has 2 N–H and O–H groups in total. The summed E-state index contributed by atoms with van der Waals surface area (Å²) < 4.78 is 53.1. The van der Waals surface area contributed by atoms with Gasteiger partial charge in [-0.2, -0.15) is 5.10 Å². The van der Waals surface area contributed by atoms with Crippen molar-refractivity contribution in [3.63, 3.8) is 0 Å². The lowest BCUT2D eigenvalue weighted by atomic mass is 10.3. The van der Waals surface area contributed by atoms with E-state index in [1.165, 1.54) is 6.92 Å². The minimum Gasteiger partial charge on any atom is -0.281 e. The van der Waals surface area contributed by atoms with Crippen molar-refractivity contribution >= 4 is 31.6 Å². The number of aryl methyl sites for hydroxylation is 1. The highest BCUT2D eigenvalue weighted by molar-refractivity contribution is 9.10. The minimum absolute atomic E-state index is 0.171. The van der Waals surface area contributed by atoms with Gasteiger partial charge in [0.15, 0.2) is 11.6 Å². The summed E-state index contributed by atoms with van der Waals surface area (Å²) in [7, 11) is -4.10. The molecule has 0 saturated carbocycles. The summed E-state index contributed by atoms with van der Waals surface area (Å²) in [5, 5.41) is 5.98. The quantitative estimate of drug-likeness (QED) is 0.892. The van der Waals surface area contributed by atoms with E-state index in [1.807, 2.05) is 4.72 Å². The van der Waals surface area contributed by atoms with Gasteiger partial charge in [0.2, 0.25) is 0 Å². The number of benzene rings is 1. The fourth-order valence-electron chi connectivity index (χ4n) is 1.44. The van der Waals surface area contributed by atoms with Gasteiger partial charge in [-0.05, 0) is 19.1 Å². The molecule has 2 aromatic rings. The summed E-state index contributed by atoms with van der Waals surface area (Å²) >= 11 is 2.90. The molecule has 0 aliphatic rings. The third-order valence-electron chi connectivity index (χ3n) is 2.32. The second-order valence-corrected chi connectivity index (χ2v) is 6.28. The van der Waals surface area contributed by atoms with Gasteiger partial charge in [0, 0.05) is 4.47 Å². The Kier molecular flexibility index (Phi) is 3.59. The number of nitrogens with one attached hydrogen (secondary N) is 2.